The molecule has 2 atom stereocenters. The Labute approximate surface area is 102 Å². The standard InChI is InChI=1S/C14H30N2/c1-12(2)6-5-9-16-10-7-13(3)15-14(4)8-11-16/h12-15H,5-11H2,1-4H3. The zero-order valence-corrected chi connectivity index (χ0v) is 11.6. The lowest BCUT2D eigenvalue weighted by molar-refractivity contribution is 0.213. The summed E-state index contributed by atoms with van der Waals surface area (Å²) < 4.78 is 0. The summed E-state index contributed by atoms with van der Waals surface area (Å²) in [6.45, 7) is 13.1. The van der Waals surface area contributed by atoms with Gasteiger partial charge >= 0.3 is 0 Å². The topological polar surface area (TPSA) is 15.3 Å². The highest BCUT2D eigenvalue weighted by molar-refractivity contribution is 4.75. The molecule has 1 N–H and O–H groups in total. The molecule has 1 aliphatic rings. The van der Waals surface area contributed by atoms with Gasteiger partial charge in [0.1, 0.15) is 0 Å². The Kier molecular flexibility index (Phi) is 6.37. The van der Waals surface area contributed by atoms with Crippen LogP contribution in [0.5, 0.6) is 0 Å². The zero-order valence-electron chi connectivity index (χ0n) is 11.6. The quantitative estimate of drug-likeness (QED) is 0.793. The number of nitrogens with one attached hydrogen (secondary N) is 1. The van der Waals surface area contributed by atoms with E-state index >= 15 is 0 Å². The molecule has 0 spiro atoms. The Balaban J connectivity index is 2.24. The van der Waals surface area contributed by atoms with Crippen LogP contribution in [0.3, 0.4) is 0 Å². The molecule has 0 aromatic rings. The van der Waals surface area contributed by atoms with Crippen molar-refractivity contribution in [1.82, 2.24) is 10.2 Å². The minimum absolute atomic E-state index is 0.683. The van der Waals surface area contributed by atoms with Crippen LogP contribution in [0, 0.1) is 5.92 Å². The molecule has 0 saturated carbocycles. The predicted octanol–water partition coefficient (Wildman–Crippen LogP) is 2.89. The SMILES string of the molecule is CC(C)CCCN1CCC(C)NC(C)CC1. The van der Waals surface area contributed by atoms with Crippen molar-refractivity contribution in [2.75, 3.05) is 19.6 Å². The summed E-state index contributed by atoms with van der Waals surface area (Å²) in [6.07, 6.45) is 5.34. The van der Waals surface area contributed by atoms with Crippen LogP contribution in [0.2, 0.25) is 0 Å². The second-order valence-electron chi connectivity index (χ2n) is 5.92. The van der Waals surface area contributed by atoms with Crippen molar-refractivity contribution in [3.8, 4) is 0 Å². The van der Waals surface area contributed by atoms with Crippen LogP contribution in [0.25, 0.3) is 0 Å². The summed E-state index contributed by atoms with van der Waals surface area (Å²) in [5, 5.41) is 3.65. The molecule has 0 amide bonds. The van der Waals surface area contributed by atoms with E-state index in [1.807, 2.05) is 0 Å². The molecule has 0 aliphatic carbocycles. The molecule has 16 heavy (non-hydrogen) atoms. The first-order valence-electron chi connectivity index (χ1n) is 7.06. The normalized spacial score (nSPS) is 29.1. The third kappa shape index (κ3) is 5.86. The van der Waals surface area contributed by atoms with Gasteiger partial charge in [0.05, 0.1) is 0 Å². The maximum atomic E-state index is 3.65. The maximum Gasteiger partial charge on any atom is 0.00533 e. The minimum atomic E-state index is 0.683. The largest absolute Gasteiger partial charge is 0.312 e. The number of nitrogens with zero attached hydrogens (tertiary/aromatic N) is 1. The molecule has 1 rings (SSSR count). The molecule has 0 aromatic heterocycles. The van der Waals surface area contributed by atoms with Gasteiger partial charge in [-0.3, -0.25) is 0 Å². The van der Waals surface area contributed by atoms with Gasteiger partial charge in [0.25, 0.3) is 0 Å². The van der Waals surface area contributed by atoms with Crippen LogP contribution in [0.15, 0.2) is 0 Å². The van der Waals surface area contributed by atoms with E-state index in [-0.39, 0.29) is 0 Å². The summed E-state index contributed by atoms with van der Waals surface area (Å²) in [7, 11) is 0. The zero-order chi connectivity index (χ0) is 12.0. The highest BCUT2D eigenvalue weighted by atomic mass is 15.1. The monoisotopic (exact) mass is 226 g/mol. The van der Waals surface area contributed by atoms with E-state index in [9.17, 15) is 0 Å². The Hall–Kier alpha value is -0.0800. The average Bonchev–Trinajstić information content (AvgIpc) is 2.18. The van der Waals surface area contributed by atoms with Crippen molar-refractivity contribution < 1.29 is 0 Å². The van der Waals surface area contributed by atoms with Gasteiger partial charge in [-0.05, 0) is 65.1 Å². The van der Waals surface area contributed by atoms with Crippen LogP contribution in [0.4, 0.5) is 0 Å². The molecule has 2 nitrogen and oxygen atoms in total. The van der Waals surface area contributed by atoms with Gasteiger partial charge < -0.3 is 10.2 Å². The highest BCUT2D eigenvalue weighted by Gasteiger charge is 2.15. The van der Waals surface area contributed by atoms with Crippen LogP contribution < -0.4 is 5.32 Å². The third-order valence-electron chi connectivity index (χ3n) is 3.58. The number of rotatable bonds is 4. The Morgan fingerprint density at radius 2 is 1.69 bits per heavy atom. The van der Waals surface area contributed by atoms with E-state index in [1.165, 1.54) is 45.3 Å². The van der Waals surface area contributed by atoms with Crippen molar-refractivity contribution in [2.45, 2.75) is 65.5 Å². The fourth-order valence-electron chi connectivity index (χ4n) is 2.46. The molecule has 2 heteroatoms. The first-order valence-corrected chi connectivity index (χ1v) is 7.06. The summed E-state index contributed by atoms with van der Waals surface area (Å²) >= 11 is 0. The van der Waals surface area contributed by atoms with E-state index in [1.54, 1.807) is 0 Å². The van der Waals surface area contributed by atoms with Gasteiger partial charge in [0, 0.05) is 12.1 Å². The highest BCUT2D eigenvalue weighted by Crippen LogP contribution is 2.09. The van der Waals surface area contributed by atoms with Crippen molar-refractivity contribution in [3.05, 3.63) is 0 Å². The molecule has 1 saturated heterocycles. The molecule has 1 fully saturated rings. The second kappa shape index (κ2) is 7.29. The summed E-state index contributed by atoms with van der Waals surface area (Å²) in [6, 6.07) is 1.37. The Morgan fingerprint density at radius 3 is 2.19 bits per heavy atom. The van der Waals surface area contributed by atoms with Gasteiger partial charge in [0.15, 0.2) is 0 Å². The molecular weight excluding hydrogens is 196 g/mol. The average molecular weight is 226 g/mol. The van der Waals surface area contributed by atoms with Crippen LogP contribution in [-0.4, -0.2) is 36.6 Å². The van der Waals surface area contributed by atoms with Gasteiger partial charge in [-0.1, -0.05) is 13.8 Å². The van der Waals surface area contributed by atoms with Crippen LogP contribution in [-0.2, 0) is 0 Å². The first-order chi connectivity index (χ1) is 7.58. The van der Waals surface area contributed by atoms with Crippen LogP contribution in [0.1, 0.15) is 53.4 Å². The lowest BCUT2D eigenvalue weighted by atomic mass is 10.1. The maximum absolute atomic E-state index is 3.65. The molecule has 2 unspecified atom stereocenters. The Bertz CT molecular complexity index is 168. The van der Waals surface area contributed by atoms with Gasteiger partial charge in [0.2, 0.25) is 0 Å². The summed E-state index contributed by atoms with van der Waals surface area (Å²) in [5.41, 5.74) is 0. The molecule has 1 aliphatic heterocycles. The van der Waals surface area contributed by atoms with E-state index < -0.39 is 0 Å². The molecule has 96 valence electrons. The number of hydrogen-bond donors (Lipinski definition) is 1. The van der Waals surface area contributed by atoms with E-state index in [2.05, 4.69) is 37.9 Å². The molecule has 0 aromatic carbocycles. The van der Waals surface area contributed by atoms with Crippen molar-refractivity contribution in [2.24, 2.45) is 5.92 Å². The molecule has 0 radical (unpaired) electrons. The van der Waals surface area contributed by atoms with Crippen molar-refractivity contribution >= 4 is 0 Å². The van der Waals surface area contributed by atoms with E-state index in [0.717, 1.165) is 5.92 Å². The van der Waals surface area contributed by atoms with Gasteiger partial charge in [-0.15, -0.1) is 0 Å². The van der Waals surface area contributed by atoms with E-state index in [4.69, 9.17) is 0 Å². The smallest absolute Gasteiger partial charge is 0.00533 e. The van der Waals surface area contributed by atoms with E-state index in [0.29, 0.717) is 12.1 Å². The van der Waals surface area contributed by atoms with Crippen molar-refractivity contribution in [1.29, 1.82) is 0 Å². The Morgan fingerprint density at radius 1 is 1.12 bits per heavy atom. The lowest BCUT2D eigenvalue weighted by Gasteiger charge is -2.31. The summed E-state index contributed by atoms with van der Waals surface area (Å²) in [4.78, 5) is 2.66. The van der Waals surface area contributed by atoms with Crippen LogP contribution >= 0.6 is 0 Å². The fraction of sp³-hybridized carbons (Fsp3) is 1.00. The summed E-state index contributed by atoms with van der Waals surface area (Å²) in [5.74, 6) is 0.856. The van der Waals surface area contributed by atoms with Gasteiger partial charge in [-0.25, -0.2) is 0 Å². The fourth-order valence-corrected chi connectivity index (χ4v) is 2.46. The van der Waals surface area contributed by atoms with Gasteiger partial charge in [-0.2, -0.15) is 0 Å². The second-order valence-corrected chi connectivity index (χ2v) is 5.92. The lowest BCUT2D eigenvalue weighted by Crippen LogP contribution is -2.43. The molecular formula is C14H30N2. The predicted molar refractivity (Wildman–Crippen MR) is 71.8 cm³/mol. The minimum Gasteiger partial charge on any atom is -0.312 e. The molecule has 1 heterocycles. The van der Waals surface area contributed by atoms with Crippen molar-refractivity contribution in [3.63, 3.8) is 0 Å². The molecule has 0 bridgehead atoms. The third-order valence-corrected chi connectivity index (χ3v) is 3.58. The number of hydrogen-bond acceptors (Lipinski definition) is 2. The first kappa shape index (κ1) is 14.0.